The number of likely N-dealkylation sites (tertiary alicyclic amines) is 1. The summed E-state index contributed by atoms with van der Waals surface area (Å²) in [6, 6.07) is 0. The normalized spacial score (nSPS) is 19.5. The van der Waals surface area contributed by atoms with Crippen LogP contribution in [0.25, 0.3) is 0 Å². The van der Waals surface area contributed by atoms with Gasteiger partial charge in [0.2, 0.25) is 0 Å². The molecule has 20 heavy (non-hydrogen) atoms. The summed E-state index contributed by atoms with van der Waals surface area (Å²) < 4.78 is 6.78. The first-order valence-corrected chi connectivity index (χ1v) is 7.52. The van der Waals surface area contributed by atoms with Crippen LogP contribution >= 0.6 is 11.6 Å². The molecule has 2 rings (SSSR count). The van der Waals surface area contributed by atoms with Crippen molar-refractivity contribution in [2.24, 2.45) is 5.92 Å². The van der Waals surface area contributed by atoms with E-state index in [9.17, 15) is 4.79 Å². The minimum Gasteiger partial charge on any atom is -0.469 e. The molecule has 1 aromatic rings. The SMILES string of the molecule is CCc1nn(CC)c(CN2CCC(C(=O)OC)C2)c1Cl. The van der Waals surface area contributed by atoms with Crippen LogP contribution in [0, 0.1) is 5.92 Å². The molecule has 2 heterocycles. The summed E-state index contributed by atoms with van der Waals surface area (Å²) in [6.07, 6.45) is 1.69. The number of aromatic nitrogens is 2. The predicted molar refractivity (Wildman–Crippen MR) is 77.7 cm³/mol. The molecule has 0 saturated carbocycles. The third-order valence-electron chi connectivity index (χ3n) is 3.87. The second kappa shape index (κ2) is 6.59. The summed E-state index contributed by atoms with van der Waals surface area (Å²) in [6.45, 7) is 7.30. The van der Waals surface area contributed by atoms with Crippen LogP contribution in [0.15, 0.2) is 0 Å². The second-order valence-electron chi connectivity index (χ2n) is 5.12. The van der Waals surface area contributed by atoms with Gasteiger partial charge >= 0.3 is 5.97 Å². The van der Waals surface area contributed by atoms with Gasteiger partial charge in [0.25, 0.3) is 0 Å². The third kappa shape index (κ3) is 2.99. The van der Waals surface area contributed by atoms with Gasteiger partial charge in [-0.3, -0.25) is 14.4 Å². The van der Waals surface area contributed by atoms with Crippen molar-refractivity contribution in [2.45, 2.75) is 39.8 Å². The molecule has 0 aliphatic carbocycles. The lowest BCUT2D eigenvalue weighted by atomic mass is 10.1. The van der Waals surface area contributed by atoms with Crippen molar-refractivity contribution in [3.63, 3.8) is 0 Å². The largest absolute Gasteiger partial charge is 0.469 e. The Morgan fingerprint density at radius 1 is 1.50 bits per heavy atom. The standard InChI is InChI=1S/C14H22ClN3O2/c1-4-11-13(15)12(18(5-2)16-11)9-17-7-6-10(8-17)14(19)20-3/h10H,4-9H2,1-3H3. The van der Waals surface area contributed by atoms with Gasteiger partial charge in [0.1, 0.15) is 0 Å². The molecule has 1 atom stereocenters. The molecule has 0 aromatic carbocycles. The van der Waals surface area contributed by atoms with Gasteiger partial charge in [0.15, 0.2) is 0 Å². The predicted octanol–water partition coefficient (Wildman–Crippen LogP) is 2.11. The van der Waals surface area contributed by atoms with Gasteiger partial charge in [0.05, 0.1) is 29.4 Å². The molecule has 0 radical (unpaired) electrons. The first-order chi connectivity index (χ1) is 9.60. The number of rotatable bonds is 5. The Morgan fingerprint density at radius 2 is 2.25 bits per heavy atom. The van der Waals surface area contributed by atoms with Crippen molar-refractivity contribution < 1.29 is 9.53 Å². The Labute approximate surface area is 124 Å². The highest BCUT2D eigenvalue weighted by Gasteiger charge is 2.30. The highest BCUT2D eigenvalue weighted by Crippen LogP contribution is 2.26. The highest BCUT2D eigenvalue weighted by molar-refractivity contribution is 6.31. The molecule has 5 nitrogen and oxygen atoms in total. The Hall–Kier alpha value is -1.07. The number of hydrogen-bond donors (Lipinski definition) is 0. The zero-order valence-electron chi connectivity index (χ0n) is 12.4. The highest BCUT2D eigenvalue weighted by atomic mass is 35.5. The molecule has 0 N–H and O–H groups in total. The van der Waals surface area contributed by atoms with Gasteiger partial charge in [-0.1, -0.05) is 18.5 Å². The summed E-state index contributed by atoms with van der Waals surface area (Å²) in [5.74, 6) is -0.126. The van der Waals surface area contributed by atoms with Gasteiger partial charge in [-0.15, -0.1) is 0 Å². The lowest BCUT2D eigenvalue weighted by Crippen LogP contribution is -2.25. The quantitative estimate of drug-likeness (QED) is 0.781. The maximum absolute atomic E-state index is 11.6. The number of aryl methyl sites for hydroxylation is 2. The first kappa shape index (κ1) is 15.3. The molecule has 1 aromatic heterocycles. The number of ether oxygens (including phenoxy) is 1. The molecule has 1 aliphatic rings. The first-order valence-electron chi connectivity index (χ1n) is 7.14. The van der Waals surface area contributed by atoms with Crippen molar-refractivity contribution in [3.8, 4) is 0 Å². The third-order valence-corrected chi connectivity index (χ3v) is 4.31. The van der Waals surface area contributed by atoms with Crippen LogP contribution in [0.1, 0.15) is 31.7 Å². The van der Waals surface area contributed by atoms with E-state index < -0.39 is 0 Å². The fourth-order valence-corrected chi connectivity index (χ4v) is 3.04. The minimum atomic E-state index is -0.114. The molecule has 0 bridgehead atoms. The smallest absolute Gasteiger partial charge is 0.310 e. The number of carbonyl (C=O) groups is 1. The van der Waals surface area contributed by atoms with Gasteiger partial charge < -0.3 is 4.74 Å². The van der Waals surface area contributed by atoms with Crippen molar-refractivity contribution in [1.82, 2.24) is 14.7 Å². The maximum Gasteiger partial charge on any atom is 0.310 e. The fraction of sp³-hybridized carbons (Fsp3) is 0.714. The van der Waals surface area contributed by atoms with E-state index in [1.54, 1.807) is 0 Å². The number of carbonyl (C=O) groups excluding carboxylic acids is 1. The van der Waals surface area contributed by atoms with E-state index in [0.29, 0.717) is 0 Å². The van der Waals surface area contributed by atoms with Crippen LogP contribution in [0.5, 0.6) is 0 Å². The lowest BCUT2D eigenvalue weighted by Gasteiger charge is -2.16. The zero-order valence-corrected chi connectivity index (χ0v) is 13.1. The molecule has 112 valence electrons. The van der Waals surface area contributed by atoms with E-state index in [0.717, 1.165) is 55.4 Å². The molecule has 0 amide bonds. The lowest BCUT2D eigenvalue weighted by molar-refractivity contribution is -0.144. The average Bonchev–Trinajstić information content (AvgIpc) is 3.04. The molecular weight excluding hydrogens is 278 g/mol. The molecule has 6 heteroatoms. The van der Waals surface area contributed by atoms with Crippen LogP contribution in [0.4, 0.5) is 0 Å². The summed E-state index contributed by atoms with van der Waals surface area (Å²) in [7, 11) is 1.45. The van der Waals surface area contributed by atoms with E-state index >= 15 is 0 Å². The van der Waals surface area contributed by atoms with E-state index in [-0.39, 0.29) is 11.9 Å². The van der Waals surface area contributed by atoms with E-state index in [4.69, 9.17) is 16.3 Å². The fourth-order valence-electron chi connectivity index (χ4n) is 2.72. The van der Waals surface area contributed by atoms with Gasteiger partial charge in [0, 0.05) is 19.6 Å². The topological polar surface area (TPSA) is 47.4 Å². The number of nitrogens with zero attached hydrogens (tertiary/aromatic N) is 3. The van der Waals surface area contributed by atoms with E-state index in [1.807, 2.05) is 4.68 Å². The zero-order chi connectivity index (χ0) is 14.7. The monoisotopic (exact) mass is 299 g/mol. The van der Waals surface area contributed by atoms with Crippen LogP contribution in [0.2, 0.25) is 5.02 Å². The van der Waals surface area contributed by atoms with Crippen LogP contribution in [-0.2, 0) is 29.0 Å². The van der Waals surface area contributed by atoms with Crippen LogP contribution in [-0.4, -0.2) is 40.8 Å². The molecule has 1 aliphatic heterocycles. The number of hydrogen-bond acceptors (Lipinski definition) is 4. The van der Waals surface area contributed by atoms with Crippen LogP contribution in [0.3, 0.4) is 0 Å². The van der Waals surface area contributed by atoms with Gasteiger partial charge in [-0.05, 0) is 26.3 Å². The second-order valence-corrected chi connectivity index (χ2v) is 5.50. The molecule has 1 fully saturated rings. The Bertz CT molecular complexity index is 487. The summed E-state index contributed by atoms with van der Waals surface area (Å²) in [5, 5.41) is 5.30. The summed E-state index contributed by atoms with van der Waals surface area (Å²) >= 11 is 6.41. The van der Waals surface area contributed by atoms with E-state index in [1.165, 1.54) is 7.11 Å². The number of methoxy groups -OCH3 is 1. The Morgan fingerprint density at radius 3 is 2.85 bits per heavy atom. The number of halogens is 1. The van der Waals surface area contributed by atoms with Crippen molar-refractivity contribution in [1.29, 1.82) is 0 Å². The summed E-state index contributed by atoms with van der Waals surface area (Å²) in [5.41, 5.74) is 2.00. The average molecular weight is 300 g/mol. The van der Waals surface area contributed by atoms with Crippen molar-refractivity contribution in [2.75, 3.05) is 20.2 Å². The molecule has 1 unspecified atom stereocenters. The van der Waals surface area contributed by atoms with Gasteiger partial charge in [-0.25, -0.2) is 0 Å². The van der Waals surface area contributed by atoms with Crippen molar-refractivity contribution >= 4 is 17.6 Å². The Kier molecular flexibility index (Phi) is 5.05. The van der Waals surface area contributed by atoms with Crippen LogP contribution < -0.4 is 0 Å². The molecule has 1 saturated heterocycles. The minimum absolute atomic E-state index is 0.0116. The maximum atomic E-state index is 11.6. The number of esters is 1. The van der Waals surface area contributed by atoms with Crippen molar-refractivity contribution in [3.05, 3.63) is 16.4 Å². The molecular formula is C14H22ClN3O2. The summed E-state index contributed by atoms with van der Waals surface area (Å²) in [4.78, 5) is 13.8. The Balaban J connectivity index is 2.08. The van der Waals surface area contributed by atoms with Gasteiger partial charge in [-0.2, -0.15) is 5.10 Å². The molecule has 0 spiro atoms. The van der Waals surface area contributed by atoms with E-state index in [2.05, 4.69) is 23.8 Å².